The summed E-state index contributed by atoms with van der Waals surface area (Å²) >= 11 is 0. The first-order valence-corrected chi connectivity index (χ1v) is 10.5. The minimum atomic E-state index is -0.405. The highest BCUT2D eigenvalue weighted by molar-refractivity contribution is 6.09. The summed E-state index contributed by atoms with van der Waals surface area (Å²) < 4.78 is 20.5. The lowest BCUT2D eigenvalue weighted by Gasteiger charge is -2.16. The normalized spacial score (nSPS) is 10.7. The van der Waals surface area contributed by atoms with Gasteiger partial charge in [-0.2, -0.15) is 5.10 Å². The number of rotatable bonds is 8. The smallest absolute Gasteiger partial charge is 0.184 e. The minimum absolute atomic E-state index is 0.00283. The van der Waals surface area contributed by atoms with Crippen molar-refractivity contribution in [3.8, 4) is 17.1 Å². The number of aryl methyl sites for hydroxylation is 1. The highest BCUT2D eigenvalue weighted by Crippen LogP contribution is 2.36. The van der Waals surface area contributed by atoms with Crippen molar-refractivity contribution in [3.05, 3.63) is 77.8 Å². The van der Waals surface area contributed by atoms with E-state index in [1.54, 1.807) is 37.1 Å². The van der Waals surface area contributed by atoms with Crippen LogP contribution in [0.3, 0.4) is 0 Å². The van der Waals surface area contributed by atoms with Crippen LogP contribution >= 0.6 is 0 Å². The molecule has 0 unspecified atom stereocenters. The number of para-hydroxylation sites is 1. The number of carbonyl (C=O) groups is 1. The number of aromatic nitrogens is 5. The second-order valence-electron chi connectivity index (χ2n) is 7.37. The number of nitrogens with one attached hydrogen (secondary N) is 2. The Morgan fingerprint density at radius 3 is 2.59 bits per heavy atom. The van der Waals surface area contributed by atoms with Crippen LogP contribution in [0.5, 0.6) is 5.75 Å². The van der Waals surface area contributed by atoms with E-state index in [-0.39, 0.29) is 35.1 Å². The Morgan fingerprint density at radius 1 is 1.18 bits per heavy atom. The number of carbonyl (C=O) groups excluding carboxylic acids is 1. The molecule has 0 radical (unpaired) electrons. The summed E-state index contributed by atoms with van der Waals surface area (Å²) in [7, 11) is 3.30. The predicted octanol–water partition coefficient (Wildman–Crippen LogP) is 4.17. The fourth-order valence-electron chi connectivity index (χ4n) is 3.36. The molecule has 4 aromatic rings. The lowest BCUT2D eigenvalue weighted by Crippen LogP contribution is -2.13. The Bertz CT molecular complexity index is 1370. The highest BCUT2D eigenvalue weighted by atomic mass is 19.1. The Morgan fingerprint density at radius 2 is 1.94 bits per heavy atom. The van der Waals surface area contributed by atoms with Crippen LogP contribution in [-0.4, -0.2) is 43.3 Å². The number of halogens is 1. The second kappa shape index (κ2) is 9.57. The molecule has 0 fully saturated rings. The first kappa shape index (κ1) is 22.7. The van der Waals surface area contributed by atoms with Crippen molar-refractivity contribution >= 4 is 23.0 Å². The molecule has 2 aromatic carbocycles. The average Bonchev–Trinajstić information content (AvgIpc) is 3.29. The van der Waals surface area contributed by atoms with Gasteiger partial charge in [0.15, 0.2) is 23.2 Å². The number of hydrogen-bond acceptors (Lipinski definition) is 8. The van der Waals surface area contributed by atoms with E-state index in [0.717, 1.165) is 0 Å². The Balaban J connectivity index is 1.77. The van der Waals surface area contributed by atoms with Gasteiger partial charge in [0, 0.05) is 25.2 Å². The number of Topliss-reactive ketones (excluding diaryl/α,β-unsaturated/α-hetero) is 1. The molecule has 2 N–H and O–H groups in total. The van der Waals surface area contributed by atoms with E-state index in [9.17, 15) is 9.18 Å². The van der Waals surface area contributed by atoms with Crippen LogP contribution in [0.1, 0.15) is 35.1 Å². The number of methoxy groups -OCH3 is 1. The van der Waals surface area contributed by atoms with Crippen molar-refractivity contribution in [1.82, 2.24) is 24.7 Å². The molecule has 34 heavy (non-hydrogen) atoms. The number of hydrogen-bond donors (Lipinski definition) is 2. The predicted molar refractivity (Wildman–Crippen MR) is 125 cm³/mol. The number of benzene rings is 2. The van der Waals surface area contributed by atoms with E-state index in [2.05, 4.69) is 25.4 Å². The molecule has 0 bridgehead atoms. The van der Waals surface area contributed by atoms with Gasteiger partial charge >= 0.3 is 0 Å². The van der Waals surface area contributed by atoms with Crippen molar-refractivity contribution in [3.63, 3.8) is 0 Å². The van der Waals surface area contributed by atoms with Gasteiger partial charge in [-0.05, 0) is 36.4 Å². The summed E-state index contributed by atoms with van der Waals surface area (Å²) in [6.45, 7) is 1.74. The third-order valence-electron chi connectivity index (χ3n) is 5.08. The number of ketones is 1. The topological polar surface area (TPSA) is 119 Å². The monoisotopic (exact) mass is 459 g/mol. The molecule has 0 saturated carbocycles. The van der Waals surface area contributed by atoms with E-state index < -0.39 is 5.82 Å². The summed E-state index contributed by atoms with van der Waals surface area (Å²) in [6, 6.07) is 10.9. The lowest BCUT2D eigenvalue weighted by atomic mass is 10.1. The first-order valence-electron chi connectivity index (χ1n) is 10.5. The van der Waals surface area contributed by atoms with Gasteiger partial charge in [-0.15, -0.1) is 0 Å². The van der Waals surface area contributed by atoms with Crippen molar-refractivity contribution in [2.45, 2.75) is 13.3 Å². The van der Waals surface area contributed by atoms with Crippen LogP contribution in [0.25, 0.3) is 11.4 Å². The zero-order valence-corrected chi connectivity index (χ0v) is 18.8. The summed E-state index contributed by atoms with van der Waals surface area (Å²) in [5.41, 5.74) is 1.92. The van der Waals surface area contributed by atoms with Crippen LogP contribution in [0.15, 0.2) is 55.0 Å². The fraction of sp³-hybridized carbons (Fsp3) is 0.167. The van der Waals surface area contributed by atoms with E-state index in [0.29, 0.717) is 28.4 Å². The molecule has 4 rings (SSSR count). The molecule has 0 aliphatic heterocycles. The summed E-state index contributed by atoms with van der Waals surface area (Å²) in [5, 5.41) is 16.0. The average molecular weight is 459 g/mol. The minimum Gasteiger partial charge on any atom is -0.494 e. The molecule has 0 saturated heterocycles. The van der Waals surface area contributed by atoms with E-state index in [1.807, 2.05) is 6.07 Å². The fourth-order valence-corrected chi connectivity index (χ4v) is 3.36. The number of anilines is 2. The number of nitrogens with zero attached hydrogens (tertiary/aromatic N) is 5. The quantitative estimate of drug-likeness (QED) is 0.300. The first-order chi connectivity index (χ1) is 16.4. The third kappa shape index (κ3) is 4.51. The summed E-state index contributed by atoms with van der Waals surface area (Å²) in [5.74, 6) is 0.699. The van der Waals surface area contributed by atoms with Gasteiger partial charge < -0.3 is 10.1 Å². The van der Waals surface area contributed by atoms with Crippen molar-refractivity contribution in [2.75, 3.05) is 12.4 Å². The SMILES string of the molecule is CCC(=O)c1cnc(C(=N)c2ccc(F)cc2)nc1Nc1cccc(-c2ncn(C)n2)c1OC. The van der Waals surface area contributed by atoms with Gasteiger partial charge in [0.2, 0.25) is 0 Å². The molecule has 2 heterocycles. The van der Waals surface area contributed by atoms with Gasteiger partial charge in [0.05, 0.1) is 23.9 Å². The van der Waals surface area contributed by atoms with Crippen LogP contribution in [0.2, 0.25) is 0 Å². The molecule has 0 amide bonds. The Labute approximate surface area is 195 Å². The number of ether oxygens (including phenoxy) is 1. The maximum Gasteiger partial charge on any atom is 0.184 e. The molecule has 0 aliphatic carbocycles. The van der Waals surface area contributed by atoms with E-state index in [1.165, 1.54) is 37.6 Å². The van der Waals surface area contributed by atoms with Gasteiger partial charge in [0.1, 0.15) is 23.7 Å². The van der Waals surface area contributed by atoms with Gasteiger partial charge in [-0.1, -0.05) is 13.0 Å². The molecule has 172 valence electrons. The Hall–Kier alpha value is -4.47. The van der Waals surface area contributed by atoms with Crippen LogP contribution in [-0.2, 0) is 7.05 Å². The molecular weight excluding hydrogens is 437 g/mol. The van der Waals surface area contributed by atoms with Gasteiger partial charge in [0.25, 0.3) is 0 Å². The van der Waals surface area contributed by atoms with Gasteiger partial charge in [-0.25, -0.2) is 19.3 Å². The van der Waals surface area contributed by atoms with Crippen molar-refractivity contribution in [2.24, 2.45) is 7.05 Å². The largest absolute Gasteiger partial charge is 0.494 e. The lowest BCUT2D eigenvalue weighted by molar-refractivity contribution is 0.0988. The van der Waals surface area contributed by atoms with Crippen molar-refractivity contribution in [1.29, 1.82) is 5.41 Å². The Kier molecular flexibility index (Phi) is 6.39. The van der Waals surface area contributed by atoms with E-state index in [4.69, 9.17) is 10.1 Å². The maximum absolute atomic E-state index is 13.3. The zero-order valence-electron chi connectivity index (χ0n) is 18.8. The van der Waals surface area contributed by atoms with Crippen molar-refractivity contribution < 1.29 is 13.9 Å². The molecule has 0 atom stereocenters. The molecule has 0 aliphatic rings. The highest BCUT2D eigenvalue weighted by Gasteiger charge is 2.20. The van der Waals surface area contributed by atoms with E-state index >= 15 is 0 Å². The maximum atomic E-state index is 13.3. The summed E-state index contributed by atoms with van der Waals surface area (Å²) in [4.78, 5) is 25.6. The molecule has 0 spiro atoms. The van der Waals surface area contributed by atoms with Crippen LogP contribution in [0.4, 0.5) is 15.9 Å². The summed E-state index contributed by atoms with van der Waals surface area (Å²) in [6.07, 6.45) is 3.23. The standard InChI is InChI=1S/C24H22FN7O2/c1-4-19(33)17-12-27-24(20(26)14-8-10-15(25)11-9-14)30-23(17)29-18-7-5-6-16(21(18)34-3)22-28-13-32(2)31-22/h5-13,26H,4H2,1-3H3,(H,27,29,30). The van der Waals surface area contributed by atoms with Crippen LogP contribution < -0.4 is 10.1 Å². The third-order valence-corrected chi connectivity index (χ3v) is 5.08. The molecular formula is C24H22FN7O2. The molecule has 10 heteroatoms. The molecule has 2 aromatic heterocycles. The zero-order chi connectivity index (χ0) is 24.2. The van der Waals surface area contributed by atoms with Crippen LogP contribution in [0, 0.1) is 11.2 Å². The van der Waals surface area contributed by atoms with Gasteiger partial charge in [-0.3, -0.25) is 14.9 Å². The molecule has 9 nitrogen and oxygen atoms in total. The second-order valence-corrected chi connectivity index (χ2v) is 7.37.